The second-order valence-corrected chi connectivity index (χ2v) is 7.56. The number of carbonyl (C=O) groups excluding carboxylic acids is 1. The van der Waals surface area contributed by atoms with Crippen molar-refractivity contribution in [2.75, 3.05) is 18.0 Å². The van der Waals surface area contributed by atoms with Crippen LogP contribution >= 0.6 is 0 Å². The molecule has 0 bridgehead atoms. The average molecular weight is 363 g/mol. The zero-order chi connectivity index (χ0) is 18.7. The maximum atomic E-state index is 12.3. The molecular formula is C18H29N5O3. The fourth-order valence-electron chi connectivity index (χ4n) is 4.09. The molecule has 144 valence electrons. The van der Waals surface area contributed by atoms with Crippen molar-refractivity contribution in [2.45, 2.75) is 57.5 Å². The third-order valence-electron chi connectivity index (χ3n) is 5.47. The Bertz CT molecular complexity index is 651. The minimum absolute atomic E-state index is 0.0741. The zero-order valence-electron chi connectivity index (χ0n) is 15.6. The number of nitrogens with zero attached hydrogens (tertiary/aromatic N) is 3. The van der Waals surface area contributed by atoms with Crippen LogP contribution in [-0.2, 0) is 11.8 Å². The van der Waals surface area contributed by atoms with Crippen molar-refractivity contribution in [3.8, 4) is 0 Å². The molecule has 0 spiro atoms. The molecule has 0 radical (unpaired) electrons. The first-order chi connectivity index (χ1) is 12.4. The smallest absolute Gasteiger partial charge is 0.315 e. The fourth-order valence-corrected chi connectivity index (χ4v) is 4.09. The highest BCUT2D eigenvalue weighted by atomic mass is 16.4. The Kier molecular flexibility index (Phi) is 5.68. The zero-order valence-corrected chi connectivity index (χ0v) is 15.6. The molecule has 26 heavy (non-hydrogen) atoms. The molecule has 2 fully saturated rings. The minimum Gasteiger partial charge on any atom is -0.481 e. The van der Waals surface area contributed by atoms with E-state index in [4.69, 9.17) is 5.11 Å². The van der Waals surface area contributed by atoms with Crippen LogP contribution in [0.2, 0.25) is 0 Å². The number of carbonyl (C=O) groups is 2. The van der Waals surface area contributed by atoms with Crippen molar-refractivity contribution in [1.82, 2.24) is 20.4 Å². The third-order valence-corrected chi connectivity index (χ3v) is 5.47. The first-order valence-corrected chi connectivity index (χ1v) is 9.48. The number of nitrogens with one attached hydrogen (secondary N) is 2. The lowest BCUT2D eigenvalue weighted by Gasteiger charge is -2.35. The summed E-state index contributed by atoms with van der Waals surface area (Å²) in [6, 6.07) is 2.11. The number of aromatic nitrogens is 2. The molecule has 1 aliphatic heterocycles. The highest BCUT2D eigenvalue weighted by Crippen LogP contribution is 2.24. The van der Waals surface area contributed by atoms with E-state index < -0.39 is 5.97 Å². The van der Waals surface area contributed by atoms with Gasteiger partial charge in [0.1, 0.15) is 5.82 Å². The molecule has 3 N–H and O–H groups in total. The molecule has 8 nitrogen and oxygen atoms in total. The van der Waals surface area contributed by atoms with Crippen molar-refractivity contribution in [3.63, 3.8) is 0 Å². The highest BCUT2D eigenvalue weighted by Gasteiger charge is 2.28. The van der Waals surface area contributed by atoms with Crippen molar-refractivity contribution < 1.29 is 14.7 Å². The van der Waals surface area contributed by atoms with Gasteiger partial charge in [0, 0.05) is 38.3 Å². The average Bonchev–Trinajstić information content (AvgIpc) is 2.94. The second kappa shape index (κ2) is 7.97. The van der Waals surface area contributed by atoms with Gasteiger partial charge in [0.25, 0.3) is 0 Å². The molecule has 1 aromatic heterocycles. The number of piperidine rings is 1. The lowest BCUT2D eigenvalue weighted by atomic mass is 9.86. The molecule has 2 heterocycles. The normalized spacial score (nSPS) is 26.4. The van der Waals surface area contributed by atoms with Gasteiger partial charge in [0.05, 0.1) is 11.6 Å². The lowest BCUT2D eigenvalue weighted by Crippen LogP contribution is -2.53. The van der Waals surface area contributed by atoms with E-state index in [1.807, 2.05) is 18.7 Å². The highest BCUT2D eigenvalue weighted by molar-refractivity contribution is 5.75. The summed E-state index contributed by atoms with van der Waals surface area (Å²) in [7, 11) is 1.94. The van der Waals surface area contributed by atoms with Crippen molar-refractivity contribution in [1.29, 1.82) is 0 Å². The summed E-state index contributed by atoms with van der Waals surface area (Å²) in [6.45, 7) is 3.73. The SMILES string of the molecule is Cc1cc(N2CCCC(NC(=O)NC3CCC(C(=O)O)CC3)C2)n(C)n1. The molecule has 1 atom stereocenters. The van der Waals surface area contributed by atoms with E-state index in [2.05, 4.69) is 26.7 Å². The lowest BCUT2D eigenvalue weighted by molar-refractivity contribution is -0.142. The van der Waals surface area contributed by atoms with Gasteiger partial charge < -0.3 is 20.6 Å². The molecule has 1 saturated carbocycles. The summed E-state index contributed by atoms with van der Waals surface area (Å²) in [5.41, 5.74) is 0.993. The number of rotatable bonds is 4. The Morgan fingerprint density at radius 1 is 1.15 bits per heavy atom. The van der Waals surface area contributed by atoms with E-state index in [9.17, 15) is 9.59 Å². The van der Waals surface area contributed by atoms with Gasteiger partial charge >= 0.3 is 12.0 Å². The number of anilines is 1. The largest absolute Gasteiger partial charge is 0.481 e. The summed E-state index contributed by atoms with van der Waals surface area (Å²) in [4.78, 5) is 25.6. The number of urea groups is 1. The first-order valence-electron chi connectivity index (χ1n) is 9.48. The summed E-state index contributed by atoms with van der Waals surface area (Å²) in [5.74, 6) is 0.104. The van der Waals surface area contributed by atoms with Gasteiger partial charge in [-0.2, -0.15) is 5.10 Å². The number of hydrogen-bond acceptors (Lipinski definition) is 4. The van der Waals surface area contributed by atoms with Gasteiger partial charge in [0.2, 0.25) is 0 Å². The van der Waals surface area contributed by atoms with Crippen LogP contribution in [0.4, 0.5) is 10.6 Å². The number of aryl methyl sites for hydroxylation is 2. The van der Waals surface area contributed by atoms with Crippen LogP contribution in [0.3, 0.4) is 0 Å². The minimum atomic E-state index is -0.722. The van der Waals surface area contributed by atoms with Gasteiger partial charge in [-0.15, -0.1) is 0 Å². The first kappa shape index (κ1) is 18.5. The summed E-state index contributed by atoms with van der Waals surface area (Å²) < 4.78 is 1.89. The van der Waals surface area contributed by atoms with Crippen LogP contribution in [0.5, 0.6) is 0 Å². The van der Waals surface area contributed by atoms with Gasteiger partial charge in [-0.3, -0.25) is 9.48 Å². The fraction of sp³-hybridized carbons (Fsp3) is 0.722. The monoisotopic (exact) mass is 363 g/mol. The molecule has 1 saturated heterocycles. The van der Waals surface area contributed by atoms with E-state index in [1.54, 1.807) is 0 Å². The van der Waals surface area contributed by atoms with E-state index >= 15 is 0 Å². The van der Waals surface area contributed by atoms with Gasteiger partial charge in [-0.25, -0.2) is 4.79 Å². The Labute approximate surface area is 153 Å². The molecule has 0 aromatic carbocycles. The van der Waals surface area contributed by atoms with Gasteiger partial charge in [-0.05, 0) is 45.4 Å². The summed E-state index contributed by atoms with van der Waals surface area (Å²) in [5, 5.41) is 19.6. The topological polar surface area (TPSA) is 99.5 Å². The second-order valence-electron chi connectivity index (χ2n) is 7.56. The van der Waals surface area contributed by atoms with E-state index in [1.165, 1.54) is 0 Å². The number of carboxylic acid groups (broad SMARTS) is 1. The Morgan fingerprint density at radius 2 is 1.85 bits per heavy atom. The van der Waals surface area contributed by atoms with Crippen LogP contribution in [0.15, 0.2) is 6.07 Å². The number of carboxylic acids is 1. The van der Waals surface area contributed by atoms with Crippen molar-refractivity contribution >= 4 is 17.8 Å². The van der Waals surface area contributed by atoms with Crippen LogP contribution in [0, 0.1) is 12.8 Å². The predicted octanol–water partition coefficient (Wildman–Crippen LogP) is 1.64. The van der Waals surface area contributed by atoms with Crippen molar-refractivity contribution in [2.24, 2.45) is 13.0 Å². The standard InChI is InChI=1S/C18H29N5O3/c1-12-10-16(22(2)21-12)23-9-3-4-15(11-23)20-18(26)19-14-7-5-13(6-8-14)17(24)25/h10,13-15H,3-9,11H2,1-2H3,(H,24,25)(H2,19,20,26). The quantitative estimate of drug-likeness (QED) is 0.755. The number of hydrogen-bond donors (Lipinski definition) is 3. The predicted molar refractivity (Wildman–Crippen MR) is 98.2 cm³/mol. The van der Waals surface area contributed by atoms with Crippen LogP contribution in [-0.4, -0.2) is 52.1 Å². The van der Waals surface area contributed by atoms with E-state index in [0.717, 1.165) is 50.3 Å². The number of aliphatic carboxylic acids is 1. The molecular weight excluding hydrogens is 334 g/mol. The Balaban J connectivity index is 1.47. The maximum absolute atomic E-state index is 12.3. The van der Waals surface area contributed by atoms with E-state index in [0.29, 0.717) is 12.8 Å². The maximum Gasteiger partial charge on any atom is 0.315 e. The van der Waals surface area contributed by atoms with Crippen LogP contribution in [0.25, 0.3) is 0 Å². The Hall–Kier alpha value is -2.25. The summed E-state index contributed by atoms with van der Waals surface area (Å²) >= 11 is 0. The molecule has 3 rings (SSSR count). The van der Waals surface area contributed by atoms with Crippen LogP contribution in [0.1, 0.15) is 44.2 Å². The molecule has 1 unspecified atom stereocenters. The van der Waals surface area contributed by atoms with Crippen LogP contribution < -0.4 is 15.5 Å². The molecule has 8 heteroatoms. The van der Waals surface area contributed by atoms with Crippen molar-refractivity contribution in [3.05, 3.63) is 11.8 Å². The van der Waals surface area contributed by atoms with Gasteiger partial charge in [0.15, 0.2) is 0 Å². The van der Waals surface area contributed by atoms with Gasteiger partial charge in [-0.1, -0.05) is 0 Å². The molecule has 2 amide bonds. The number of amides is 2. The molecule has 1 aromatic rings. The third kappa shape index (κ3) is 4.47. The molecule has 2 aliphatic rings. The van der Waals surface area contributed by atoms with E-state index in [-0.39, 0.29) is 24.0 Å². The summed E-state index contributed by atoms with van der Waals surface area (Å²) in [6.07, 6.45) is 4.73. The Morgan fingerprint density at radius 3 is 2.46 bits per heavy atom. The molecule has 1 aliphatic carbocycles.